The van der Waals surface area contributed by atoms with E-state index in [0.29, 0.717) is 42.5 Å². The van der Waals surface area contributed by atoms with Crippen molar-refractivity contribution in [3.05, 3.63) is 106 Å². The van der Waals surface area contributed by atoms with Gasteiger partial charge in [0.1, 0.15) is 18.3 Å². The number of aromatic nitrogens is 5. The van der Waals surface area contributed by atoms with Crippen LogP contribution >= 0.6 is 0 Å². The molecule has 1 aliphatic heterocycles. The highest BCUT2D eigenvalue weighted by Crippen LogP contribution is 2.39. The fourth-order valence-corrected chi connectivity index (χ4v) is 4.13. The molecule has 37 heavy (non-hydrogen) atoms. The van der Waals surface area contributed by atoms with Crippen molar-refractivity contribution in [2.45, 2.75) is 18.9 Å². The number of hydrogen-bond donors (Lipinski definition) is 3. The Morgan fingerprint density at radius 2 is 2.05 bits per heavy atom. The van der Waals surface area contributed by atoms with Gasteiger partial charge in [-0.2, -0.15) is 0 Å². The smallest absolute Gasteiger partial charge is 0.350 e. The molecule has 0 spiro atoms. The van der Waals surface area contributed by atoms with E-state index in [9.17, 15) is 4.79 Å². The van der Waals surface area contributed by atoms with Crippen LogP contribution in [0.25, 0.3) is 5.95 Å². The Morgan fingerprint density at radius 1 is 1.27 bits per heavy atom. The first-order valence-electron chi connectivity index (χ1n) is 11.5. The Balaban J connectivity index is 1.60. The van der Waals surface area contributed by atoms with E-state index >= 15 is 0 Å². The first kappa shape index (κ1) is 23.9. The normalized spacial score (nSPS) is 13.3. The summed E-state index contributed by atoms with van der Waals surface area (Å²) in [6.45, 7) is 4.52. The molecule has 0 saturated heterocycles. The van der Waals surface area contributed by atoms with Gasteiger partial charge < -0.3 is 19.9 Å². The number of aromatic amines is 1. The zero-order valence-corrected chi connectivity index (χ0v) is 19.9. The average molecular weight is 500 g/mol. The van der Waals surface area contributed by atoms with E-state index in [-0.39, 0.29) is 24.5 Å². The number of nitrogens with zero attached hydrogens (tertiary/aromatic N) is 4. The Hall–Kier alpha value is -4.77. The predicted octanol–water partition coefficient (Wildman–Crippen LogP) is 2.44. The highest BCUT2D eigenvalue weighted by molar-refractivity contribution is 5.94. The van der Waals surface area contributed by atoms with E-state index in [1.807, 2.05) is 24.3 Å². The fraction of sp³-hybridized carbons (Fsp3) is 0.192. The molecule has 2 aromatic carbocycles. The summed E-state index contributed by atoms with van der Waals surface area (Å²) in [4.78, 5) is 24.0. The molecule has 11 heteroatoms. The first-order chi connectivity index (χ1) is 18.0. The van der Waals surface area contributed by atoms with Crippen molar-refractivity contribution >= 4 is 5.84 Å². The van der Waals surface area contributed by atoms with Crippen molar-refractivity contribution in [1.82, 2.24) is 24.7 Å². The quantitative estimate of drug-likeness (QED) is 0.180. The third kappa shape index (κ3) is 5.11. The SMILES string of the molecule is C=CCOc1cc(C(Cc2ccc(C(=N)N)cc2)c2nn(-c3ncccn3)c(=O)[nH]2)cc2c1OCOC2. The lowest BCUT2D eigenvalue weighted by molar-refractivity contribution is -0.0182. The van der Waals surface area contributed by atoms with Crippen LogP contribution in [0.4, 0.5) is 0 Å². The largest absolute Gasteiger partial charge is 0.486 e. The number of nitrogens with two attached hydrogens (primary N) is 1. The van der Waals surface area contributed by atoms with E-state index < -0.39 is 5.69 Å². The molecule has 0 fully saturated rings. The molecular weight excluding hydrogens is 474 g/mol. The van der Waals surface area contributed by atoms with Gasteiger partial charge in [-0.15, -0.1) is 9.78 Å². The fourth-order valence-electron chi connectivity index (χ4n) is 4.13. The highest BCUT2D eigenvalue weighted by Gasteiger charge is 2.26. The van der Waals surface area contributed by atoms with Gasteiger partial charge in [-0.1, -0.05) is 36.9 Å². The molecule has 4 N–H and O–H groups in total. The summed E-state index contributed by atoms with van der Waals surface area (Å²) in [7, 11) is 0. The molecule has 1 atom stereocenters. The molecule has 2 aromatic heterocycles. The van der Waals surface area contributed by atoms with Crippen molar-refractivity contribution in [2.24, 2.45) is 5.73 Å². The molecule has 4 aromatic rings. The van der Waals surface area contributed by atoms with Gasteiger partial charge in [-0.05, 0) is 35.7 Å². The number of H-pyrrole nitrogens is 1. The summed E-state index contributed by atoms with van der Waals surface area (Å²) in [5, 5.41) is 12.2. The van der Waals surface area contributed by atoms with Gasteiger partial charge in [0.2, 0.25) is 0 Å². The molecule has 0 aliphatic carbocycles. The Morgan fingerprint density at radius 3 is 2.78 bits per heavy atom. The Bertz CT molecular complexity index is 1480. The van der Waals surface area contributed by atoms with Crippen molar-refractivity contribution in [3.8, 4) is 17.4 Å². The number of rotatable bonds is 9. The number of nitrogen functional groups attached to an aromatic ring is 1. The van der Waals surface area contributed by atoms with Gasteiger partial charge >= 0.3 is 5.69 Å². The average Bonchev–Trinajstić information content (AvgIpc) is 3.32. The summed E-state index contributed by atoms with van der Waals surface area (Å²) in [6, 6.07) is 12.9. The van der Waals surface area contributed by atoms with Crippen LogP contribution in [0.15, 0.2) is 72.3 Å². The Kier molecular flexibility index (Phi) is 6.77. The maximum Gasteiger partial charge on any atom is 0.350 e. The van der Waals surface area contributed by atoms with Gasteiger partial charge in [-0.3, -0.25) is 10.4 Å². The first-order valence-corrected chi connectivity index (χ1v) is 11.5. The lowest BCUT2D eigenvalue weighted by Gasteiger charge is -2.24. The predicted molar refractivity (Wildman–Crippen MR) is 135 cm³/mol. The lowest BCUT2D eigenvalue weighted by atomic mass is 9.89. The number of hydrogen-bond acceptors (Lipinski definition) is 8. The molecular formula is C26H25N7O4. The molecule has 1 aliphatic rings. The molecule has 11 nitrogen and oxygen atoms in total. The minimum absolute atomic E-state index is 0.00673. The molecule has 0 saturated carbocycles. The molecule has 5 rings (SSSR count). The van der Waals surface area contributed by atoms with E-state index in [2.05, 4.69) is 26.6 Å². The van der Waals surface area contributed by atoms with E-state index in [0.717, 1.165) is 21.4 Å². The monoisotopic (exact) mass is 499 g/mol. The van der Waals surface area contributed by atoms with Crippen LogP contribution in [0.2, 0.25) is 0 Å². The van der Waals surface area contributed by atoms with E-state index in [4.69, 9.17) is 25.4 Å². The molecule has 0 radical (unpaired) electrons. The topological polar surface area (TPSA) is 154 Å². The second kappa shape index (κ2) is 10.5. The minimum Gasteiger partial charge on any atom is -0.486 e. The lowest BCUT2D eigenvalue weighted by Crippen LogP contribution is -2.18. The van der Waals surface area contributed by atoms with Crippen molar-refractivity contribution < 1.29 is 14.2 Å². The zero-order chi connectivity index (χ0) is 25.8. The molecule has 0 bridgehead atoms. The third-order valence-electron chi connectivity index (χ3n) is 5.87. The molecule has 3 heterocycles. The van der Waals surface area contributed by atoms with Crippen LogP contribution < -0.4 is 20.9 Å². The number of nitrogens with one attached hydrogen (secondary N) is 2. The van der Waals surface area contributed by atoms with Gasteiger partial charge in [0, 0.05) is 29.4 Å². The van der Waals surface area contributed by atoms with Gasteiger partial charge in [-0.25, -0.2) is 14.8 Å². The number of benzene rings is 2. The second-order valence-corrected chi connectivity index (χ2v) is 8.36. The number of ether oxygens (including phenoxy) is 3. The van der Waals surface area contributed by atoms with Gasteiger partial charge in [0.15, 0.2) is 18.3 Å². The van der Waals surface area contributed by atoms with Crippen molar-refractivity contribution in [2.75, 3.05) is 13.4 Å². The van der Waals surface area contributed by atoms with E-state index in [1.165, 1.54) is 0 Å². The second-order valence-electron chi connectivity index (χ2n) is 8.36. The van der Waals surface area contributed by atoms with Crippen LogP contribution in [0.3, 0.4) is 0 Å². The number of fused-ring (bicyclic) bond motifs is 1. The maximum absolute atomic E-state index is 12.8. The third-order valence-corrected chi connectivity index (χ3v) is 5.87. The van der Waals surface area contributed by atoms with Crippen molar-refractivity contribution in [1.29, 1.82) is 5.41 Å². The molecule has 0 amide bonds. The zero-order valence-electron chi connectivity index (χ0n) is 19.9. The number of amidine groups is 1. The van der Waals surface area contributed by atoms with Crippen molar-refractivity contribution in [3.63, 3.8) is 0 Å². The van der Waals surface area contributed by atoms with E-state index in [1.54, 1.807) is 36.7 Å². The summed E-state index contributed by atoms with van der Waals surface area (Å²) < 4.78 is 18.3. The summed E-state index contributed by atoms with van der Waals surface area (Å²) in [5.41, 5.74) is 8.42. The van der Waals surface area contributed by atoms with Crippen LogP contribution in [-0.2, 0) is 17.8 Å². The highest BCUT2D eigenvalue weighted by atomic mass is 16.7. The van der Waals surface area contributed by atoms with Crippen LogP contribution in [0.1, 0.15) is 34.0 Å². The van der Waals surface area contributed by atoms with Crippen LogP contribution in [0, 0.1) is 5.41 Å². The summed E-state index contributed by atoms with van der Waals surface area (Å²) >= 11 is 0. The summed E-state index contributed by atoms with van der Waals surface area (Å²) in [5.74, 6) is 1.40. The molecule has 1 unspecified atom stereocenters. The maximum atomic E-state index is 12.8. The van der Waals surface area contributed by atoms with Gasteiger partial charge in [0.05, 0.1) is 6.61 Å². The molecule has 188 valence electrons. The standard InChI is InChI=1S/C26H25N7O4/c1-2-10-36-21-13-18(12-19-14-35-15-37-22(19)21)20(11-16-4-6-17(7-5-16)23(27)28)24-31-26(34)33(32-24)25-29-8-3-9-30-25/h2-9,12-13,20H,1,10-11,14-15H2,(H3,27,28)(H,31,32,34). The Labute approximate surface area is 212 Å². The van der Waals surface area contributed by atoms with Gasteiger partial charge in [0.25, 0.3) is 5.95 Å². The minimum atomic E-state index is -0.453. The van der Waals surface area contributed by atoms with Crippen LogP contribution in [0.5, 0.6) is 11.5 Å². The summed E-state index contributed by atoms with van der Waals surface area (Å²) in [6.07, 6.45) is 5.24. The van der Waals surface area contributed by atoms with Crippen LogP contribution in [-0.4, -0.2) is 44.0 Å².